The molecule has 0 spiro atoms. The topological polar surface area (TPSA) is 75.9 Å². The van der Waals surface area contributed by atoms with Gasteiger partial charge >= 0.3 is 6.18 Å². The summed E-state index contributed by atoms with van der Waals surface area (Å²) >= 11 is 0. The van der Waals surface area contributed by atoms with Gasteiger partial charge in [-0.3, -0.25) is 4.79 Å². The third-order valence-electron chi connectivity index (χ3n) is 5.49. The molecule has 0 saturated carbocycles. The van der Waals surface area contributed by atoms with Crippen molar-refractivity contribution in [2.45, 2.75) is 38.4 Å². The van der Waals surface area contributed by atoms with Gasteiger partial charge in [0.15, 0.2) is 5.69 Å². The lowest BCUT2D eigenvalue weighted by Crippen LogP contribution is -2.45. The number of piperidine rings is 1. The van der Waals surface area contributed by atoms with Crippen LogP contribution in [0.25, 0.3) is 5.69 Å². The van der Waals surface area contributed by atoms with E-state index in [9.17, 15) is 18.0 Å². The number of carbonyl (C=O) groups excluding carboxylic acids is 1. The molecule has 0 bridgehead atoms. The SMILES string of the molecule is CCc1cc(N2CCC(NC(=O)c3ccn(-c4cccc(C(F)(F)F)c4)n3)CC2)ncn1. The van der Waals surface area contributed by atoms with Crippen LogP contribution >= 0.6 is 0 Å². The molecule has 1 aliphatic rings. The van der Waals surface area contributed by atoms with Crippen LogP contribution in [0.1, 0.15) is 41.5 Å². The third kappa shape index (κ3) is 4.90. The summed E-state index contributed by atoms with van der Waals surface area (Å²) in [6, 6.07) is 8.30. The number of nitrogens with zero attached hydrogens (tertiary/aromatic N) is 5. The second-order valence-corrected chi connectivity index (χ2v) is 7.65. The Morgan fingerprint density at radius 3 is 2.66 bits per heavy atom. The summed E-state index contributed by atoms with van der Waals surface area (Å²) in [5, 5.41) is 7.14. The molecule has 1 saturated heterocycles. The zero-order valence-corrected chi connectivity index (χ0v) is 17.5. The predicted octanol–water partition coefficient (Wildman–Crippen LogP) is 3.64. The van der Waals surface area contributed by atoms with Crippen LogP contribution in [0.15, 0.2) is 48.9 Å². The molecule has 0 aliphatic carbocycles. The minimum atomic E-state index is -4.44. The fraction of sp³-hybridized carbons (Fsp3) is 0.364. The van der Waals surface area contributed by atoms with Crippen molar-refractivity contribution in [2.24, 2.45) is 0 Å². The number of amides is 1. The lowest BCUT2D eigenvalue weighted by molar-refractivity contribution is -0.137. The highest BCUT2D eigenvalue weighted by Crippen LogP contribution is 2.30. The average molecular weight is 444 g/mol. The van der Waals surface area contributed by atoms with E-state index in [1.54, 1.807) is 6.33 Å². The van der Waals surface area contributed by atoms with Crippen LogP contribution < -0.4 is 10.2 Å². The van der Waals surface area contributed by atoms with E-state index in [0.717, 1.165) is 56.0 Å². The molecule has 1 fully saturated rings. The third-order valence-corrected chi connectivity index (χ3v) is 5.49. The molecule has 1 aromatic carbocycles. The highest BCUT2D eigenvalue weighted by Gasteiger charge is 2.30. The first-order valence-electron chi connectivity index (χ1n) is 10.4. The summed E-state index contributed by atoms with van der Waals surface area (Å²) in [7, 11) is 0. The van der Waals surface area contributed by atoms with E-state index in [1.165, 1.54) is 29.1 Å². The van der Waals surface area contributed by atoms with Gasteiger partial charge in [-0.1, -0.05) is 13.0 Å². The van der Waals surface area contributed by atoms with Gasteiger partial charge in [0.05, 0.1) is 11.3 Å². The highest BCUT2D eigenvalue weighted by molar-refractivity contribution is 5.92. The molecule has 1 N–H and O–H groups in total. The van der Waals surface area contributed by atoms with E-state index in [1.807, 2.05) is 13.0 Å². The Kier molecular flexibility index (Phi) is 6.11. The zero-order chi connectivity index (χ0) is 22.7. The lowest BCUT2D eigenvalue weighted by atomic mass is 10.0. The first kappa shape index (κ1) is 21.8. The minimum Gasteiger partial charge on any atom is -0.356 e. The van der Waals surface area contributed by atoms with Crippen LogP contribution in [-0.4, -0.2) is 44.8 Å². The van der Waals surface area contributed by atoms with E-state index in [4.69, 9.17) is 0 Å². The van der Waals surface area contributed by atoms with E-state index >= 15 is 0 Å². The van der Waals surface area contributed by atoms with Gasteiger partial charge in [-0.05, 0) is 43.5 Å². The van der Waals surface area contributed by atoms with Gasteiger partial charge in [0, 0.05) is 37.1 Å². The lowest BCUT2D eigenvalue weighted by Gasteiger charge is -2.33. The molecular weight excluding hydrogens is 421 g/mol. The van der Waals surface area contributed by atoms with Crippen molar-refractivity contribution in [3.8, 4) is 5.69 Å². The second-order valence-electron chi connectivity index (χ2n) is 7.65. The van der Waals surface area contributed by atoms with E-state index < -0.39 is 11.7 Å². The van der Waals surface area contributed by atoms with Crippen molar-refractivity contribution in [1.82, 2.24) is 25.1 Å². The maximum absolute atomic E-state index is 12.9. The van der Waals surface area contributed by atoms with Gasteiger partial charge in [-0.15, -0.1) is 0 Å². The number of carbonyl (C=O) groups is 1. The summed E-state index contributed by atoms with van der Waals surface area (Å²) in [4.78, 5) is 23.4. The number of anilines is 1. The van der Waals surface area contributed by atoms with Gasteiger partial charge < -0.3 is 10.2 Å². The number of hydrogen-bond donors (Lipinski definition) is 1. The Labute approximate surface area is 183 Å². The zero-order valence-electron chi connectivity index (χ0n) is 17.5. The summed E-state index contributed by atoms with van der Waals surface area (Å²) in [6.45, 7) is 3.55. The molecule has 3 aromatic rings. The van der Waals surface area contributed by atoms with Crippen LogP contribution in [0, 0.1) is 0 Å². The molecule has 0 atom stereocenters. The van der Waals surface area contributed by atoms with Crippen molar-refractivity contribution in [2.75, 3.05) is 18.0 Å². The fourth-order valence-corrected chi connectivity index (χ4v) is 3.68. The number of rotatable bonds is 5. The molecule has 1 aliphatic heterocycles. The molecular formula is C22H23F3N6O. The van der Waals surface area contributed by atoms with Crippen molar-refractivity contribution in [3.63, 3.8) is 0 Å². The molecule has 10 heteroatoms. The molecule has 0 unspecified atom stereocenters. The standard InChI is InChI=1S/C22H23F3N6O/c1-2-16-13-20(27-14-26-16)30-9-6-17(7-10-30)28-21(32)19-8-11-31(29-19)18-5-3-4-15(12-18)22(23,24)25/h3-5,8,11-14,17H,2,6-7,9-10H2,1H3,(H,28,32). The number of alkyl halides is 3. The van der Waals surface area contributed by atoms with Gasteiger partial charge in [-0.2, -0.15) is 18.3 Å². The van der Waals surface area contributed by atoms with Crippen molar-refractivity contribution in [1.29, 1.82) is 0 Å². The van der Waals surface area contributed by atoms with Crippen LogP contribution in [0.2, 0.25) is 0 Å². The van der Waals surface area contributed by atoms with Gasteiger partial charge in [0.25, 0.3) is 5.91 Å². The molecule has 1 amide bonds. The number of nitrogens with one attached hydrogen (secondary N) is 1. The molecule has 2 aromatic heterocycles. The van der Waals surface area contributed by atoms with Gasteiger partial charge in [0.2, 0.25) is 0 Å². The largest absolute Gasteiger partial charge is 0.416 e. The van der Waals surface area contributed by atoms with Crippen LogP contribution in [0.5, 0.6) is 0 Å². The quantitative estimate of drug-likeness (QED) is 0.650. The second kappa shape index (κ2) is 8.97. The monoisotopic (exact) mass is 444 g/mol. The Hall–Kier alpha value is -3.43. The van der Waals surface area contributed by atoms with Crippen LogP contribution in [-0.2, 0) is 12.6 Å². The summed E-state index contributed by atoms with van der Waals surface area (Å²) in [5.74, 6) is 0.547. The Balaban J connectivity index is 1.36. The molecule has 0 radical (unpaired) electrons. The van der Waals surface area contributed by atoms with Gasteiger partial charge in [-0.25, -0.2) is 14.6 Å². The predicted molar refractivity (Wildman–Crippen MR) is 113 cm³/mol. The first-order valence-corrected chi connectivity index (χ1v) is 10.4. The molecule has 4 rings (SSSR count). The average Bonchev–Trinajstić information content (AvgIpc) is 3.30. The number of halogens is 3. The first-order chi connectivity index (χ1) is 15.3. The van der Waals surface area contributed by atoms with E-state index in [2.05, 4.69) is 25.3 Å². The van der Waals surface area contributed by atoms with Gasteiger partial charge in [0.1, 0.15) is 12.1 Å². The normalized spacial score (nSPS) is 15.1. The van der Waals surface area contributed by atoms with Crippen molar-refractivity contribution in [3.05, 3.63) is 65.9 Å². The van der Waals surface area contributed by atoms with Crippen LogP contribution in [0.3, 0.4) is 0 Å². The smallest absolute Gasteiger partial charge is 0.356 e. The van der Waals surface area contributed by atoms with Crippen molar-refractivity contribution >= 4 is 11.7 Å². The molecule has 7 nitrogen and oxygen atoms in total. The van der Waals surface area contributed by atoms with E-state index in [-0.39, 0.29) is 23.3 Å². The molecule has 3 heterocycles. The number of aryl methyl sites for hydroxylation is 1. The summed E-state index contributed by atoms with van der Waals surface area (Å²) in [6.07, 6.45) is 0.963. The molecule has 168 valence electrons. The summed E-state index contributed by atoms with van der Waals surface area (Å²) < 4.78 is 40.1. The molecule has 32 heavy (non-hydrogen) atoms. The minimum absolute atomic E-state index is 0.00931. The summed E-state index contributed by atoms with van der Waals surface area (Å²) in [5.41, 5.74) is 0.622. The fourth-order valence-electron chi connectivity index (χ4n) is 3.68. The maximum atomic E-state index is 12.9. The Morgan fingerprint density at radius 2 is 1.94 bits per heavy atom. The van der Waals surface area contributed by atoms with E-state index in [0.29, 0.717) is 0 Å². The number of benzene rings is 1. The Bertz CT molecular complexity index is 1090. The maximum Gasteiger partial charge on any atom is 0.416 e. The number of hydrogen-bond acceptors (Lipinski definition) is 5. The number of aromatic nitrogens is 4. The Morgan fingerprint density at radius 1 is 1.16 bits per heavy atom. The van der Waals surface area contributed by atoms with Crippen LogP contribution in [0.4, 0.5) is 19.0 Å². The highest BCUT2D eigenvalue weighted by atomic mass is 19.4. The van der Waals surface area contributed by atoms with Crippen molar-refractivity contribution < 1.29 is 18.0 Å².